The lowest BCUT2D eigenvalue weighted by Gasteiger charge is -2.22. The van der Waals surface area contributed by atoms with Gasteiger partial charge in [-0.05, 0) is 32.6 Å². The summed E-state index contributed by atoms with van der Waals surface area (Å²) in [6.45, 7) is 4.34. The molecule has 0 aromatic carbocycles. The van der Waals surface area contributed by atoms with Crippen LogP contribution in [0.15, 0.2) is 4.99 Å². The van der Waals surface area contributed by atoms with Gasteiger partial charge in [0.1, 0.15) is 0 Å². The minimum Gasteiger partial charge on any atom is -0.378 e. The highest BCUT2D eigenvalue weighted by Gasteiger charge is 2.12. The van der Waals surface area contributed by atoms with E-state index in [4.69, 9.17) is 4.74 Å². The van der Waals surface area contributed by atoms with Crippen LogP contribution in [0.4, 0.5) is 0 Å². The second-order valence-electron chi connectivity index (χ2n) is 6.06. The molecule has 0 atom stereocenters. The predicted molar refractivity (Wildman–Crippen MR) is 98.9 cm³/mol. The van der Waals surface area contributed by atoms with Gasteiger partial charge in [0.25, 0.3) is 0 Å². The second-order valence-corrected chi connectivity index (χ2v) is 8.16. The number of sulfonamides is 1. The smallest absolute Gasteiger partial charge is 0.211 e. The van der Waals surface area contributed by atoms with Crippen molar-refractivity contribution in [2.24, 2.45) is 4.99 Å². The molecule has 1 aliphatic rings. The van der Waals surface area contributed by atoms with E-state index in [2.05, 4.69) is 20.3 Å². The molecule has 8 heteroatoms. The summed E-state index contributed by atoms with van der Waals surface area (Å²) < 4.78 is 31.0. The number of hydrogen-bond acceptors (Lipinski definition) is 4. The molecule has 7 nitrogen and oxygen atoms in total. The molecule has 142 valence electrons. The fraction of sp³-hybridized carbons (Fsp3) is 0.938. The summed E-state index contributed by atoms with van der Waals surface area (Å²) in [5.41, 5.74) is 0. The Morgan fingerprint density at radius 1 is 1.08 bits per heavy atom. The molecule has 24 heavy (non-hydrogen) atoms. The van der Waals surface area contributed by atoms with Gasteiger partial charge >= 0.3 is 0 Å². The first-order valence-corrected chi connectivity index (χ1v) is 10.8. The Morgan fingerprint density at radius 2 is 1.75 bits per heavy atom. The average molecular weight is 363 g/mol. The van der Waals surface area contributed by atoms with Gasteiger partial charge in [-0.3, -0.25) is 4.99 Å². The molecule has 0 heterocycles. The van der Waals surface area contributed by atoms with E-state index in [1.165, 1.54) is 32.1 Å². The number of nitrogens with one attached hydrogen (secondary N) is 3. The molecule has 1 fully saturated rings. The first-order valence-electron chi connectivity index (χ1n) is 9.11. The molecule has 0 aliphatic heterocycles. The summed E-state index contributed by atoms with van der Waals surface area (Å²) in [4.78, 5) is 4.15. The van der Waals surface area contributed by atoms with Crippen molar-refractivity contribution in [3.63, 3.8) is 0 Å². The summed E-state index contributed by atoms with van der Waals surface area (Å²) >= 11 is 0. The minimum atomic E-state index is -3.09. The van der Waals surface area contributed by atoms with Gasteiger partial charge in [0.15, 0.2) is 5.96 Å². The largest absolute Gasteiger partial charge is 0.378 e. The summed E-state index contributed by atoms with van der Waals surface area (Å²) in [5, 5.41) is 6.42. The molecule has 0 spiro atoms. The van der Waals surface area contributed by atoms with Gasteiger partial charge in [-0.1, -0.05) is 19.3 Å². The molecule has 1 aliphatic carbocycles. The SMILES string of the molecule is CCS(=O)(=O)NCCCNC(=NC)NCCCOC1CCCCC1. The van der Waals surface area contributed by atoms with Crippen molar-refractivity contribution in [3.05, 3.63) is 0 Å². The van der Waals surface area contributed by atoms with Crippen LogP contribution in [-0.2, 0) is 14.8 Å². The van der Waals surface area contributed by atoms with E-state index in [1.54, 1.807) is 14.0 Å². The van der Waals surface area contributed by atoms with E-state index in [1.807, 2.05) is 0 Å². The van der Waals surface area contributed by atoms with Gasteiger partial charge in [0, 0.05) is 33.3 Å². The molecular weight excluding hydrogens is 328 g/mol. The van der Waals surface area contributed by atoms with Crippen molar-refractivity contribution in [1.82, 2.24) is 15.4 Å². The first kappa shape index (κ1) is 21.2. The lowest BCUT2D eigenvalue weighted by atomic mass is 9.98. The van der Waals surface area contributed by atoms with Gasteiger partial charge in [-0.25, -0.2) is 13.1 Å². The van der Waals surface area contributed by atoms with Crippen molar-refractivity contribution < 1.29 is 13.2 Å². The zero-order valence-electron chi connectivity index (χ0n) is 15.1. The van der Waals surface area contributed by atoms with Crippen LogP contribution in [0.3, 0.4) is 0 Å². The van der Waals surface area contributed by atoms with Crippen LogP contribution in [0.5, 0.6) is 0 Å². The van der Waals surface area contributed by atoms with E-state index in [0.717, 1.165) is 25.5 Å². The Labute approximate surface area is 147 Å². The van der Waals surface area contributed by atoms with Gasteiger partial charge in [-0.15, -0.1) is 0 Å². The van der Waals surface area contributed by atoms with E-state index in [0.29, 0.717) is 25.6 Å². The molecule has 0 unspecified atom stereocenters. The van der Waals surface area contributed by atoms with E-state index in [9.17, 15) is 8.42 Å². The van der Waals surface area contributed by atoms with Crippen LogP contribution in [-0.4, -0.2) is 59.5 Å². The van der Waals surface area contributed by atoms with Crippen LogP contribution >= 0.6 is 0 Å². The molecule has 0 aromatic heterocycles. The fourth-order valence-electron chi connectivity index (χ4n) is 2.61. The lowest BCUT2D eigenvalue weighted by Crippen LogP contribution is -2.39. The molecule has 3 N–H and O–H groups in total. The van der Waals surface area contributed by atoms with Crippen LogP contribution in [0, 0.1) is 0 Å². The van der Waals surface area contributed by atoms with Crippen LogP contribution < -0.4 is 15.4 Å². The standard InChI is InChI=1S/C16H34N4O3S/c1-3-24(21,22)20-13-7-11-18-16(17-2)19-12-8-14-23-15-9-5-4-6-10-15/h15,20H,3-14H2,1-2H3,(H2,17,18,19). The number of aliphatic imine (C=N–C) groups is 1. The van der Waals surface area contributed by atoms with Crippen molar-refractivity contribution in [2.45, 2.75) is 58.0 Å². The van der Waals surface area contributed by atoms with Gasteiger partial charge in [-0.2, -0.15) is 0 Å². The van der Waals surface area contributed by atoms with Crippen molar-refractivity contribution >= 4 is 16.0 Å². The molecular formula is C16H34N4O3S. The number of rotatable bonds is 11. The third-order valence-electron chi connectivity index (χ3n) is 4.09. The number of hydrogen-bond donors (Lipinski definition) is 3. The summed E-state index contributed by atoms with van der Waals surface area (Å²) in [6, 6.07) is 0. The number of guanidine groups is 1. The molecule has 1 saturated carbocycles. The Balaban J connectivity index is 2.00. The van der Waals surface area contributed by atoms with E-state index >= 15 is 0 Å². The molecule has 0 radical (unpaired) electrons. The quantitative estimate of drug-likeness (QED) is 0.292. The maximum Gasteiger partial charge on any atom is 0.211 e. The summed E-state index contributed by atoms with van der Waals surface area (Å²) in [7, 11) is -1.36. The van der Waals surface area contributed by atoms with Gasteiger partial charge in [0.05, 0.1) is 11.9 Å². The Morgan fingerprint density at radius 3 is 2.38 bits per heavy atom. The second kappa shape index (κ2) is 12.5. The maximum atomic E-state index is 11.3. The Bertz CT molecular complexity index is 448. The topological polar surface area (TPSA) is 91.8 Å². The zero-order chi connectivity index (χ0) is 17.7. The van der Waals surface area contributed by atoms with Crippen LogP contribution in [0.1, 0.15) is 51.9 Å². The van der Waals surface area contributed by atoms with Gasteiger partial charge in [0.2, 0.25) is 10.0 Å². The fourth-order valence-corrected chi connectivity index (χ4v) is 3.27. The van der Waals surface area contributed by atoms with Crippen LogP contribution in [0.25, 0.3) is 0 Å². The van der Waals surface area contributed by atoms with Gasteiger partial charge < -0.3 is 15.4 Å². The average Bonchev–Trinajstić information content (AvgIpc) is 2.60. The third kappa shape index (κ3) is 10.1. The zero-order valence-corrected chi connectivity index (χ0v) is 16.0. The van der Waals surface area contributed by atoms with Crippen molar-refractivity contribution in [3.8, 4) is 0 Å². The van der Waals surface area contributed by atoms with Crippen molar-refractivity contribution in [2.75, 3.05) is 39.0 Å². The third-order valence-corrected chi connectivity index (χ3v) is 5.49. The van der Waals surface area contributed by atoms with E-state index in [-0.39, 0.29) is 5.75 Å². The van der Waals surface area contributed by atoms with Crippen molar-refractivity contribution in [1.29, 1.82) is 0 Å². The highest BCUT2D eigenvalue weighted by atomic mass is 32.2. The Kier molecular flexibility index (Phi) is 11.0. The molecule has 1 rings (SSSR count). The Hall–Kier alpha value is -0.860. The molecule has 0 amide bonds. The molecule has 0 aromatic rings. The normalized spacial score (nSPS) is 17.0. The molecule has 0 saturated heterocycles. The predicted octanol–water partition coefficient (Wildman–Crippen LogP) is 1.22. The summed E-state index contributed by atoms with van der Waals surface area (Å²) in [6.07, 6.45) is 8.49. The van der Waals surface area contributed by atoms with Crippen LogP contribution in [0.2, 0.25) is 0 Å². The maximum absolute atomic E-state index is 11.3. The first-order chi connectivity index (χ1) is 11.6. The highest BCUT2D eigenvalue weighted by Crippen LogP contribution is 2.20. The van der Waals surface area contributed by atoms with E-state index < -0.39 is 10.0 Å². The number of ether oxygens (including phenoxy) is 1. The number of nitrogens with zero attached hydrogens (tertiary/aromatic N) is 1. The molecule has 0 bridgehead atoms. The lowest BCUT2D eigenvalue weighted by molar-refractivity contribution is 0.0277. The summed E-state index contributed by atoms with van der Waals surface area (Å²) in [5.74, 6) is 0.859. The monoisotopic (exact) mass is 362 g/mol. The minimum absolute atomic E-state index is 0.118. The highest BCUT2D eigenvalue weighted by molar-refractivity contribution is 7.89.